The number of aromatic nitrogens is 3. The average Bonchev–Trinajstić information content (AvgIpc) is 3.29. The van der Waals surface area contributed by atoms with Crippen molar-refractivity contribution in [2.75, 3.05) is 24.6 Å². The summed E-state index contributed by atoms with van der Waals surface area (Å²) in [5, 5.41) is 4.06. The van der Waals surface area contributed by atoms with Crippen molar-refractivity contribution in [1.82, 2.24) is 15.1 Å². The van der Waals surface area contributed by atoms with Crippen LogP contribution in [0.25, 0.3) is 5.57 Å². The van der Waals surface area contributed by atoms with Crippen LogP contribution in [0.3, 0.4) is 0 Å². The first-order chi connectivity index (χ1) is 14.6. The molecule has 2 aromatic heterocycles. The fourth-order valence-corrected chi connectivity index (χ4v) is 3.96. The molecule has 1 atom stereocenters. The lowest BCUT2D eigenvalue weighted by Gasteiger charge is -2.30. The number of allylic oxidation sites excluding steroid dienone is 2. The number of anilines is 1. The minimum atomic E-state index is 0.167. The highest BCUT2D eigenvalue weighted by molar-refractivity contribution is 5.66. The van der Waals surface area contributed by atoms with Crippen LogP contribution in [0.2, 0.25) is 0 Å². The van der Waals surface area contributed by atoms with Crippen molar-refractivity contribution in [3.8, 4) is 5.75 Å². The predicted octanol–water partition coefficient (Wildman–Crippen LogP) is 4.27. The maximum absolute atomic E-state index is 10.9. The van der Waals surface area contributed by atoms with Crippen LogP contribution in [0.4, 0.5) is 6.01 Å². The number of ether oxygens (including phenoxy) is 1. The van der Waals surface area contributed by atoms with E-state index in [0.29, 0.717) is 18.5 Å². The Labute approximate surface area is 177 Å². The third-order valence-electron chi connectivity index (χ3n) is 6.03. The first kappa shape index (κ1) is 20.6. The van der Waals surface area contributed by atoms with Gasteiger partial charge >= 0.3 is 6.01 Å². The fraction of sp³-hybridized carbons (Fsp3) is 0.565. The summed E-state index contributed by atoms with van der Waals surface area (Å²) in [6.07, 6.45) is 9.73. The molecule has 1 aliphatic carbocycles. The molecule has 0 radical (unpaired) electrons. The van der Waals surface area contributed by atoms with Gasteiger partial charge in [0.2, 0.25) is 0 Å². The van der Waals surface area contributed by atoms with E-state index >= 15 is 0 Å². The molecule has 0 saturated carbocycles. The average molecular weight is 411 g/mol. The summed E-state index contributed by atoms with van der Waals surface area (Å²) >= 11 is 0. The van der Waals surface area contributed by atoms with Gasteiger partial charge in [0, 0.05) is 24.9 Å². The number of hydrogen-bond acceptors (Lipinski definition) is 7. The van der Waals surface area contributed by atoms with E-state index in [0.717, 1.165) is 68.7 Å². The molecule has 1 fully saturated rings. The molecule has 0 bridgehead atoms. The normalized spacial score (nSPS) is 20.3. The monoisotopic (exact) mass is 410 g/mol. The van der Waals surface area contributed by atoms with E-state index in [1.165, 1.54) is 5.57 Å². The molecule has 0 N–H and O–H groups in total. The topological polar surface area (TPSA) is 81.4 Å². The molecular weight excluding hydrogens is 380 g/mol. The summed E-state index contributed by atoms with van der Waals surface area (Å²) in [6.45, 7) is 6.63. The number of nitrogens with zero attached hydrogens (tertiary/aromatic N) is 4. The Kier molecular flexibility index (Phi) is 6.45. The van der Waals surface area contributed by atoms with Crippen molar-refractivity contribution in [3.63, 3.8) is 0 Å². The number of carbonyl (C=O) groups excluding carboxylic acids is 1. The zero-order valence-corrected chi connectivity index (χ0v) is 17.8. The first-order valence-corrected chi connectivity index (χ1v) is 10.9. The lowest BCUT2D eigenvalue weighted by Crippen LogP contribution is -2.35. The van der Waals surface area contributed by atoms with Gasteiger partial charge in [0.25, 0.3) is 0 Å². The molecule has 30 heavy (non-hydrogen) atoms. The zero-order valence-electron chi connectivity index (χ0n) is 17.8. The van der Waals surface area contributed by atoms with Crippen LogP contribution in [0.5, 0.6) is 5.75 Å². The van der Waals surface area contributed by atoms with Crippen molar-refractivity contribution >= 4 is 17.9 Å². The number of carbonyl (C=O) groups is 1. The second-order valence-corrected chi connectivity index (χ2v) is 8.61. The van der Waals surface area contributed by atoms with Crippen molar-refractivity contribution in [3.05, 3.63) is 35.9 Å². The number of pyridine rings is 1. The van der Waals surface area contributed by atoms with Gasteiger partial charge in [-0.15, -0.1) is 0 Å². The van der Waals surface area contributed by atoms with Crippen LogP contribution in [0.1, 0.15) is 63.4 Å². The molecule has 2 aliphatic rings. The molecule has 1 saturated heterocycles. The Morgan fingerprint density at radius 1 is 1.27 bits per heavy atom. The molecule has 0 amide bonds. The highest BCUT2D eigenvalue weighted by atomic mass is 16.5. The van der Waals surface area contributed by atoms with Crippen molar-refractivity contribution in [2.24, 2.45) is 11.8 Å². The van der Waals surface area contributed by atoms with E-state index in [4.69, 9.17) is 9.26 Å². The Bertz CT molecular complexity index is 867. The molecule has 0 spiro atoms. The van der Waals surface area contributed by atoms with Crippen LogP contribution in [-0.4, -0.2) is 41.1 Å². The molecule has 7 nitrogen and oxygen atoms in total. The molecular formula is C23H30N4O3. The van der Waals surface area contributed by atoms with Crippen LogP contribution in [0.15, 0.2) is 28.9 Å². The van der Waals surface area contributed by atoms with E-state index in [9.17, 15) is 4.79 Å². The van der Waals surface area contributed by atoms with Gasteiger partial charge in [0.1, 0.15) is 12.0 Å². The summed E-state index contributed by atoms with van der Waals surface area (Å²) in [4.78, 5) is 22.1. The molecule has 7 heteroatoms. The Hall–Kier alpha value is -2.70. The number of piperidine rings is 1. The van der Waals surface area contributed by atoms with E-state index in [1.807, 2.05) is 18.3 Å². The number of hydrogen-bond donors (Lipinski definition) is 0. The zero-order chi connectivity index (χ0) is 20.9. The van der Waals surface area contributed by atoms with E-state index in [-0.39, 0.29) is 11.8 Å². The third-order valence-corrected chi connectivity index (χ3v) is 6.03. The molecule has 1 unspecified atom stereocenters. The molecule has 0 aromatic carbocycles. The molecule has 2 aromatic rings. The maximum atomic E-state index is 10.9. The fourth-order valence-electron chi connectivity index (χ4n) is 3.96. The summed E-state index contributed by atoms with van der Waals surface area (Å²) in [5.74, 6) is 2.52. The highest BCUT2D eigenvalue weighted by Gasteiger charge is 2.24. The van der Waals surface area contributed by atoms with Crippen LogP contribution < -0.4 is 9.64 Å². The molecule has 4 rings (SSSR count). The van der Waals surface area contributed by atoms with Gasteiger partial charge in [-0.05, 0) is 55.7 Å². The highest BCUT2D eigenvalue weighted by Crippen LogP contribution is 2.29. The van der Waals surface area contributed by atoms with E-state index in [1.54, 1.807) is 0 Å². The van der Waals surface area contributed by atoms with Gasteiger partial charge in [-0.3, -0.25) is 4.98 Å². The van der Waals surface area contributed by atoms with E-state index < -0.39 is 0 Å². The molecule has 3 heterocycles. The molecule has 1 aliphatic heterocycles. The largest absolute Gasteiger partial charge is 0.492 e. The van der Waals surface area contributed by atoms with Gasteiger partial charge in [-0.2, -0.15) is 4.98 Å². The summed E-state index contributed by atoms with van der Waals surface area (Å²) < 4.78 is 11.4. The minimum absolute atomic E-state index is 0.167. The predicted molar refractivity (Wildman–Crippen MR) is 114 cm³/mol. The van der Waals surface area contributed by atoms with Crippen LogP contribution >= 0.6 is 0 Å². The first-order valence-electron chi connectivity index (χ1n) is 10.9. The Morgan fingerprint density at radius 3 is 2.70 bits per heavy atom. The minimum Gasteiger partial charge on any atom is -0.492 e. The Morgan fingerprint density at radius 2 is 2.10 bits per heavy atom. The lowest BCUT2D eigenvalue weighted by molar-refractivity contribution is -0.111. The third kappa shape index (κ3) is 4.89. The van der Waals surface area contributed by atoms with E-state index in [2.05, 4.69) is 39.9 Å². The lowest BCUT2D eigenvalue weighted by atomic mass is 9.89. The quantitative estimate of drug-likeness (QED) is 0.631. The van der Waals surface area contributed by atoms with Crippen molar-refractivity contribution in [1.29, 1.82) is 0 Å². The Balaban J connectivity index is 1.24. The summed E-state index contributed by atoms with van der Waals surface area (Å²) in [5.41, 5.74) is 2.22. The summed E-state index contributed by atoms with van der Waals surface area (Å²) in [6, 6.07) is 4.65. The smallest absolute Gasteiger partial charge is 0.324 e. The number of rotatable bonds is 7. The molecule has 160 valence electrons. The van der Waals surface area contributed by atoms with Gasteiger partial charge in [-0.1, -0.05) is 25.1 Å². The van der Waals surface area contributed by atoms with Gasteiger partial charge in [0.15, 0.2) is 5.82 Å². The number of aldehydes is 1. The van der Waals surface area contributed by atoms with Gasteiger partial charge < -0.3 is 19.0 Å². The maximum Gasteiger partial charge on any atom is 0.324 e. The van der Waals surface area contributed by atoms with Gasteiger partial charge in [0.05, 0.1) is 18.5 Å². The van der Waals surface area contributed by atoms with Crippen molar-refractivity contribution in [2.45, 2.75) is 51.9 Å². The van der Waals surface area contributed by atoms with Gasteiger partial charge in [-0.25, -0.2) is 0 Å². The summed E-state index contributed by atoms with van der Waals surface area (Å²) in [7, 11) is 0. The SMILES string of the molecule is CC(C)c1noc(N2CCC(COc3ccc(C4=CCC(C=O)CC4)nc3)CC2)n1. The van der Waals surface area contributed by atoms with Crippen molar-refractivity contribution < 1.29 is 14.1 Å². The standard InChI is InChI=1S/C23H30N4O3/c1-16(2)22-25-23(30-26-22)27-11-9-18(10-12-27)15-29-20-7-8-21(24-13-20)19-5-3-17(14-28)4-6-19/h5,7-8,13-14,16-18H,3-4,6,9-12,15H2,1-2H3. The second-order valence-electron chi connectivity index (χ2n) is 8.61. The van der Waals surface area contributed by atoms with Crippen LogP contribution in [0, 0.1) is 11.8 Å². The van der Waals surface area contributed by atoms with Crippen LogP contribution in [-0.2, 0) is 4.79 Å². The second kappa shape index (κ2) is 9.41.